The molecule has 162 valence electrons. The number of amides is 2. The van der Waals surface area contributed by atoms with E-state index in [0.29, 0.717) is 37.7 Å². The van der Waals surface area contributed by atoms with Crippen molar-refractivity contribution in [1.29, 1.82) is 0 Å². The van der Waals surface area contributed by atoms with Crippen molar-refractivity contribution >= 4 is 34.2 Å². The number of aryl methyl sites for hydroxylation is 1. The number of piperazine rings is 1. The fourth-order valence-electron chi connectivity index (χ4n) is 4.29. The Morgan fingerprint density at radius 2 is 1.77 bits per heavy atom. The third-order valence-corrected chi connectivity index (χ3v) is 7.02. The summed E-state index contributed by atoms with van der Waals surface area (Å²) in [5.74, 6) is 0.523. The van der Waals surface area contributed by atoms with E-state index in [9.17, 15) is 9.59 Å². The van der Waals surface area contributed by atoms with E-state index in [1.165, 1.54) is 11.3 Å². The molecule has 7 nitrogen and oxygen atoms in total. The van der Waals surface area contributed by atoms with Crippen LogP contribution in [0.1, 0.15) is 70.1 Å². The van der Waals surface area contributed by atoms with Gasteiger partial charge < -0.3 is 9.80 Å². The van der Waals surface area contributed by atoms with Gasteiger partial charge >= 0.3 is 0 Å². The fraction of sp³-hybridized carbons (Fsp3) is 0.478. The molecule has 0 radical (unpaired) electrons. The first-order chi connectivity index (χ1) is 14.9. The first kappa shape index (κ1) is 20.2. The van der Waals surface area contributed by atoms with Crippen molar-refractivity contribution in [3.63, 3.8) is 0 Å². The molecular weight excluding hydrogens is 410 g/mol. The number of pyridine rings is 1. The minimum Gasteiger partial charge on any atom is -0.335 e. The Kier molecular flexibility index (Phi) is 5.04. The lowest BCUT2D eigenvalue weighted by Crippen LogP contribution is -2.50. The maximum absolute atomic E-state index is 13.6. The second-order valence-electron chi connectivity index (χ2n) is 8.75. The zero-order valence-corrected chi connectivity index (χ0v) is 19.0. The Labute approximate surface area is 185 Å². The summed E-state index contributed by atoms with van der Waals surface area (Å²) in [6.07, 6.45) is 2.26. The zero-order valence-electron chi connectivity index (χ0n) is 18.2. The highest BCUT2D eigenvalue weighted by molar-refractivity contribution is 7.12. The largest absolute Gasteiger partial charge is 0.335 e. The van der Waals surface area contributed by atoms with Gasteiger partial charge in [-0.1, -0.05) is 6.07 Å². The number of carbonyl (C=O) groups is 2. The molecule has 5 rings (SSSR count). The summed E-state index contributed by atoms with van der Waals surface area (Å²) in [5, 5.41) is 7.47. The van der Waals surface area contributed by atoms with Crippen molar-refractivity contribution in [3.8, 4) is 0 Å². The molecule has 2 aliphatic rings. The lowest BCUT2D eigenvalue weighted by Gasteiger charge is -2.34. The average molecular weight is 438 g/mol. The number of hydrogen-bond donors (Lipinski definition) is 0. The number of thiophene rings is 1. The summed E-state index contributed by atoms with van der Waals surface area (Å²) >= 11 is 1.46. The predicted octanol–water partition coefficient (Wildman–Crippen LogP) is 3.86. The minimum absolute atomic E-state index is 0.0175. The van der Waals surface area contributed by atoms with Crippen LogP contribution in [0.3, 0.4) is 0 Å². The molecule has 2 amide bonds. The van der Waals surface area contributed by atoms with Crippen LogP contribution in [0, 0.1) is 6.92 Å². The van der Waals surface area contributed by atoms with Crippen molar-refractivity contribution in [2.24, 2.45) is 0 Å². The SMILES string of the molecule is Cc1nn(C(C)C)c2nc(C3CC3)cc(C(=O)N3CCN(C(=O)c4cccs4)CC3)c12. The van der Waals surface area contributed by atoms with Crippen LogP contribution < -0.4 is 0 Å². The lowest BCUT2D eigenvalue weighted by atomic mass is 10.1. The van der Waals surface area contributed by atoms with E-state index >= 15 is 0 Å². The number of carbonyl (C=O) groups excluding carboxylic acids is 2. The third-order valence-electron chi connectivity index (χ3n) is 6.16. The number of hydrogen-bond acceptors (Lipinski definition) is 5. The minimum atomic E-state index is 0.0175. The molecule has 0 bridgehead atoms. The summed E-state index contributed by atoms with van der Waals surface area (Å²) in [6.45, 7) is 8.30. The van der Waals surface area contributed by atoms with E-state index in [1.807, 2.05) is 45.0 Å². The smallest absolute Gasteiger partial charge is 0.264 e. The Morgan fingerprint density at radius 1 is 1.10 bits per heavy atom. The van der Waals surface area contributed by atoms with Crippen LogP contribution >= 0.6 is 11.3 Å². The van der Waals surface area contributed by atoms with E-state index in [0.717, 1.165) is 40.1 Å². The van der Waals surface area contributed by atoms with Gasteiger partial charge in [0.25, 0.3) is 11.8 Å². The van der Waals surface area contributed by atoms with Crippen LogP contribution in [0.25, 0.3) is 11.0 Å². The molecular formula is C23H27N5O2S. The highest BCUT2D eigenvalue weighted by Gasteiger charge is 2.32. The van der Waals surface area contributed by atoms with Gasteiger partial charge in [0.05, 0.1) is 21.5 Å². The van der Waals surface area contributed by atoms with Gasteiger partial charge in [-0.15, -0.1) is 11.3 Å². The third kappa shape index (κ3) is 3.63. The molecule has 3 aromatic rings. The van der Waals surface area contributed by atoms with Gasteiger partial charge in [-0.2, -0.15) is 5.10 Å². The molecule has 31 heavy (non-hydrogen) atoms. The van der Waals surface area contributed by atoms with Crippen molar-refractivity contribution in [2.75, 3.05) is 26.2 Å². The van der Waals surface area contributed by atoms with Gasteiger partial charge in [0.2, 0.25) is 0 Å². The molecule has 8 heteroatoms. The Hall–Kier alpha value is -2.74. The molecule has 0 unspecified atom stereocenters. The van der Waals surface area contributed by atoms with Crippen LogP contribution in [-0.4, -0.2) is 62.6 Å². The number of fused-ring (bicyclic) bond motifs is 1. The second kappa shape index (κ2) is 7.75. The summed E-state index contributed by atoms with van der Waals surface area (Å²) < 4.78 is 1.94. The zero-order chi connectivity index (χ0) is 21.7. The molecule has 0 atom stereocenters. The second-order valence-corrected chi connectivity index (χ2v) is 9.70. The maximum atomic E-state index is 13.6. The Bertz CT molecular complexity index is 1140. The molecule has 2 fully saturated rings. The first-order valence-electron chi connectivity index (χ1n) is 11.0. The molecule has 0 N–H and O–H groups in total. The van der Waals surface area contributed by atoms with Crippen molar-refractivity contribution in [3.05, 3.63) is 45.4 Å². The normalized spacial score (nSPS) is 17.0. The summed E-state index contributed by atoms with van der Waals surface area (Å²) in [5.41, 5.74) is 3.36. The maximum Gasteiger partial charge on any atom is 0.264 e. The lowest BCUT2D eigenvalue weighted by molar-refractivity contribution is 0.0539. The molecule has 3 aromatic heterocycles. The molecule has 0 spiro atoms. The van der Waals surface area contributed by atoms with Gasteiger partial charge in [0, 0.05) is 43.8 Å². The fourth-order valence-corrected chi connectivity index (χ4v) is 4.98. The Morgan fingerprint density at radius 3 is 2.35 bits per heavy atom. The van der Waals surface area contributed by atoms with E-state index in [-0.39, 0.29) is 17.9 Å². The average Bonchev–Trinajstić information content (AvgIpc) is 3.37. The molecule has 1 saturated carbocycles. The van der Waals surface area contributed by atoms with E-state index in [4.69, 9.17) is 10.1 Å². The van der Waals surface area contributed by atoms with E-state index < -0.39 is 0 Å². The number of aromatic nitrogens is 3. The van der Waals surface area contributed by atoms with Gasteiger partial charge in [-0.3, -0.25) is 9.59 Å². The number of rotatable bonds is 4. The number of nitrogens with zero attached hydrogens (tertiary/aromatic N) is 5. The topological polar surface area (TPSA) is 71.3 Å². The van der Waals surface area contributed by atoms with Gasteiger partial charge in [0.15, 0.2) is 5.65 Å². The predicted molar refractivity (Wildman–Crippen MR) is 121 cm³/mol. The van der Waals surface area contributed by atoms with Crippen molar-refractivity contribution in [1.82, 2.24) is 24.6 Å². The summed E-state index contributed by atoms with van der Waals surface area (Å²) in [6, 6.07) is 5.91. The van der Waals surface area contributed by atoms with Gasteiger partial charge in [0.1, 0.15) is 0 Å². The van der Waals surface area contributed by atoms with Gasteiger partial charge in [-0.05, 0) is 51.1 Å². The first-order valence-corrected chi connectivity index (χ1v) is 11.8. The highest BCUT2D eigenvalue weighted by Crippen LogP contribution is 2.41. The van der Waals surface area contributed by atoms with Crippen LogP contribution in [-0.2, 0) is 0 Å². The standard InChI is InChI=1S/C23H27N5O2S/c1-14(2)28-21-20(15(3)25-28)17(13-18(24-21)16-6-7-16)22(29)26-8-10-27(11-9-26)23(30)19-5-4-12-31-19/h4-5,12-14,16H,6-11H2,1-3H3. The molecule has 0 aromatic carbocycles. The summed E-state index contributed by atoms with van der Waals surface area (Å²) in [7, 11) is 0. The molecule has 4 heterocycles. The highest BCUT2D eigenvalue weighted by atomic mass is 32.1. The van der Waals surface area contributed by atoms with Crippen LogP contribution in [0.15, 0.2) is 23.6 Å². The van der Waals surface area contributed by atoms with E-state index in [2.05, 4.69) is 13.8 Å². The van der Waals surface area contributed by atoms with Crippen LogP contribution in [0.4, 0.5) is 0 Å². The quantitative estimate of drug-likeness (QED) is 0.621. The molecule has 1 saturated heterocycles. The van der Waals surface area contributed by atoms with Crippen LogP contribution in [0.5, 0.6) is 0 Å². The molecule has 1 aliphatic heterocycles. The van der Waals surface area contributed by atoms with Gasteiger partial charge in [-0.25, -0.2) is 9.67 Å². The molecule has 1 aliphatic carbocycles. The Balaban J connectivity index is 1.43. The van der Waals surface area contributed by atoms with Crippen molar-refractivity contribution in [2.45, 2.75) is 45.6 Å². The van der Waals surface area contributed by atoms with Crippen molar-refractivity contribution < 1.29 is 9.59 Å². The summed E-state index contributed by atoms with van der Waals surface area (Å²) in [4.78, 5) is 35.6. The van der Waals surface area contributed by atoms with E-state index in [1.54, 1.807) is 0 Å². The van der Waals surface area contributed by atoms with Crippen LogP contribution in [0.2, 0.25) is 0 Å². The monoisotopic (exact) mass is 437 g/mol.